The molecule has 37 heavy (non-hydrogen) atoms. The van der Waals surface area contributed by atoms with Gasteiger partial charge >= 0.3 is 0 Å². The van der Waals surface area contributed by atoms with Gasteiger partial charge < -0.3 is 14.6 Å². The number of hydrogen-bond donors (Lipinski definition) is 1. The summed E-state index contributed by atoms with van der Waals surface area (Å²) in [5, 5.41) is 13.2. The highest BCUT2D eigenvalue weighted by molar-refractivity contribution is 7.22. The zero-order valence-corrected chi connectivity index (χ0v) is 22.1. The number of carbonyl (C=O) groups is 2. The predicted molar refractivity (Wildman–Crippen MR) is 146 cm³/mol. The lowest BCUT2D eigenvalue weighted by Gasteiger charge is -2.24. The zero-order chi connectivity index (χ0) is 25.9. The smallest absolute Gasteiger partial charge is 0.296 e. The Hall–Kier alpha value is -3.69. The topological polar surface area (TPSA) is 89.0 Å². The Labute approximate surface area is 222 Å². The maximum Gasteiger partial charge on any atom is 0.296 e. The number of rotatable bonds is 10. The minimum Gasteiger partial charge on any atom is -0.503 e. The van der Waals surface area contributed by atoms with Crippen LogP contribution >= 0.6 is 22.7 Å². The van der Waals surface area contributed by atoms with Gasteiger partial charge in [0.1, 0.15) is 11.5 Å². The highest BCUT2D eigenvalue weighted by atomic mass is 32.1. The normalized spacial score (nSPS) is 15.6. The van der Waals surface area contributed by atoms with E-state index in [2.05, 4.69) is 11.9 Å². The van der Waals surface area contributed by atoms with Gasteiger partial charge in [0, 0.05) is 0 Å². The third-order valence-electron chi connectivity index (χ3n) is 6.03. The van der Waals surface area contributed by atoms with Crippen molar-refractivity contribution < 1.29 is 24.2 Å². The monoisotopic (exact) mass is 534 g/mol. The van der Waals surface area contributed by atoms with Crippen molar-refractivity contribution in [3.05, 3.63) is 81.8 Å². The molecule has 190 valence electrons. The van der Waals surface area contributed by atoms with Crippen LogP contribution in [0.1, 0.15) is 48.0 Å². The lowest BCUT2D eigenvalue weighted by molar-refractivity contribution is -0.117. The summed E-state index contributed by atoms with van der Waals surface area (Å²) in [5.74, 6) is -0.173. The number of nitrogens with zero attached hydrogens (tertiary/aromatic N) is 2. The second kappa shape index (κ2) is 10.7. The number of aliphatic hydroxyl groups excluding tert-OH is 1. The van der Waals surface area contributed by atoms with Crippen molar-refractivity contribution in [3.8, 4) is 11.5 Å². The number of ketones is 1. The Balaban J connectivity index is 1.57. The van der Waals surface area contributed by atoms with Gasteiger partial charge in [0.05, 0.1) is 39.9 Å². The van der Waals surface area contributed by atoms with Crippen LogP contribution in [0.4, 0.5) is 5.13 Å². The summed E-state index contributed by atoms with van der Waals surface area (Å²) in [6.07, 6.45) is 1.98. The van der Waals surface area contributed by atoms with E-state index in [1.807, 2.05) is 49.4 Å². The first-order valence-corrected chi connectivity index (χ1v) is 13.8. The van der Waals surface area contributed by atoms with Crippen LogP contribution in [0.5, 0.6) is 11.5 Å². The SMILES string of the molecule is CCCCOc1ccc(C2C(C(=O)c3cccs3)=C(O)C(=O)N2c2nc3ccc(OCC)cc3s2)cc1. The summed E-state index contributed by atoms with van der Waals surface area (Å²) in [4.78, 5) is 33.5. The van der Waals surface area contributed by atoms with Gasteiger partial charge in [0.15, 0.2) is 10.9 Å². The van der Waals surface area contributed by atoms with Crippen LogP contribution in [-0.2, 0) is 4.79 Å². The highest BCUT2D eigenvalue weighted by Gasteiger charge is 2.46. The maximum atomic E-state index is 13.5. The number of unbranched alkanes of at least 4 members (excludes halogenated alkanes) is 1. The molecule has 1 N–H and O–H groups in total. The van der Waals surface area contributed by atoms with Crippen molar-refractivity contribution in [2.45, 2.75) is 32.7 Å². The second-order valence-electron chi connectivity index (χ2n) is 8.48. The third-order valence-corrected chi connectivity index (χ3v) is 7.91. The summed E-state index contributed by atoms with van der Waals surface area (Å²) in [6, 6.07) is 15.5. The molecule has 1 unspecified atom stereocenters. The molecule has 1 amide bonds. The van der Waals surface area contributed by atoms with Gasteiger partial charge in [-0.15, -0.1) is 11.3 Å². The van der Waals surface area contributed by atoms with Gasteiger partial charge in [-0.05, 0) is 60.7 Å². The minimum absolute atomic E-state index is 0.0429. The lowest BCUT2D eigenvalue weighted by atomic mass is 9.95. The summed E-state index contributed by atoms with van der Waals surface area (Å²) in [5.41, 5.74) is 1.42. The van der Waals surface area contributed by atoms with E-state index in [0.29, 0.717) is 45.8 Å². The van der Waals surface area contributed by atoms with Crippen molar-refractivity contribution >= 4 is 49.7 Å². The quantitative estimate of drug-likeness (QED) is 0.179. The van der Waals surface area contributed by atoms with E-state index in [4.69, 9.17) is 9.47 Å². The standard InChI is InChI=1S/C28H26N2O5S2/c1-3-5-14-35-18-10-8-17(9-11-18)24-23(25(31)21-7-6-15-36-21)26(32)27(33)30(24)28-29-20-13-12-19(34-4-2)16-22(20)37-28/h6-13,15-16,24,32H,3-5,14H2,1-2H3. The molecule has 5 rings (SSSR count). The Morgan fingerprint density at radius 1 is 1.08 bits per heavy atom. The Bertz CT molecular complexity index is 1460. The molecular formula is C28H26N2O5S2. The van der Waals surface area contributed by atoms with E-state index in [0.717, 1.165) is 17.5 Å². The molecule has 0 radical (unpaired) electrons. The van der Waals surface area contributed by atoms with E-state index in [1.165, 1.54) is 27.6 Å². The van der Waals surface area contributed by atoms with Gasteiger partial charge in [0.2, 0.25) is 5.78 Å². The van der Waals surface area contributed by atoms with Gasteiger partial charge in [0.25, 0.3) is 5.91 Å². The van der Waals surface area contributed by atoms with E-state index in [9.17, 15) is 14.7 Å². The van der Waals surface area contributed by atoms with Crippen LogP contribution in [0.15, 0.2) is 71.3 Å². The number of ether oxygens (including phenoxy) is 2. The number of aromatic nitrogens is 1. The second-order valence-corrected chi connectivity index (χ2v) is 10.4. The largest absolute Gasteiger partial charge is 0.503 e. The maximum absolute atomic E-state index is 13.5. The number of thiophene rings is 1. The highest BCUT2D eigenvalue weighted by Crippen LogP contribution is 2.45. The number of amides is 1. The number of aliphatic hydroxyl groups is 1. The summed E-state index contributed by atoms with van der Waals surface area (Å²) in [6.45, 7) is 5.16. The molecule has 7 nitrogen and oxygen atoms in total. The molecule has 0 fully saturated rings. The summed E-state index contributed by atoms with van der Waals surface area (Å²) >= 11 is 2.58. The first-order chi connectivity index (χ1) is 18.0. The van der Waals surface area contributed by atoms with E-state index in [1.54, 1.807) is 17.5 Å². The molecule has 0 bridgehead atoms. The first kappa shape index (κ1) is 25.0. The van der Waals surface area contributed by atoms with Crippen LogP contribution in [-0.4, -0.2) is 35.0 Å². The molecule has 0 saturated carbocycles. The number of hydrogen-bond acceptors (Lipinski definition) is 8. The Morgan fingerprint density at radius 3 is 2.57 bits per heavy atom. The average Bonchev–Trinajstić information content (AvgIpc) is 3.63. The van der Waals surface area contributed by atoms with Crippen LogP contribution < -0.4 is 14.4 Å². The van der Waals surface area contributed by atoms with Crippen molar-refractivity contribution in [1.82, 2.24) is 4.98 Å². The zero-order valence-electron chi connectivity index (χ0n) is 20.5. The molecule has 2 aromatic carbocycles. The number of thiazole rings is 1. The fourth-order valence-electron chi connectivity index (χ4n) is 4.22. The lowest BCUT2D eigenvalue weighted by Crippen LogP contribution is -2.30. The fourth-order valence-corrected chi connectivity index (χ4v) is 5.92. The molecule has 0 spiro atoms. The molecule has 0 saturated heterocycles. The van der Waals surface area contributed by atoms with Gasteiger partial charge in [-0.1, -0.05) is 42.9 Å². The first-order valence-electron chi connectivity index (χ1n) is 12.1. The van der Waals surface area contributed by atoms with Gasteiger partial charge in [-0.25, -0.2) is 4.98 Å². The fraction of sp³-hybridized carbons (Fsp3) is 0.250. The number of Topliss-reactive ketones (excluding diaryl/α,β-unsaturated/α-hetero) is 1. The van der Waals surface area contributed by atoms with Crippen molar-refractivity contribution in [3.63, 3.8) is 0 Å². The van der Waals surface area contributed by atoms with Crippen molar-refractivity contribution in [1.29, 1.82) is 0 Å². The molecular weight excluding hydrogens is 508 g/mol. The molecule has 3 heterocycles. The molecule has 2 aromatic heterocycles. The van der Waals surface area contributed by atoms with Crippen molar-refractivity contribution in [2.75, 3.05) is 18.1 Å². The summed E-state index contributed by atoms with van der Waals surface area (Å²) < 4.78 is 12.2. The van der Waals surface area contributed by atoms with Crippen LogP contribution in [0, 0.1) is 0 Å². The predicted octanol–water partition coefficient (Wildman–Crippen LogP) is 6.72. The molecule has 1 aliphatic heterocycles. The molecule has 9 heteroatoms. The number of benzene rings is 2. The molecule has 4 aromatic rings. The number of anilines is 1. The molecule has 1 atom stereocenters. The Kier molecular flexibility index (Phi) is 7.25. The van der Waals surface area contributed by atoms with E-state index >= 15 is 0 Å². The summed E-state index contributed by atoms with van der Waals surface area (Å²) in [7, 11) is 0. The number of fused-ring (bicyclic) bond motifs is 1. The van der Waals surface area contributed by atoms with E-state index < -0.39 is 17.7 Å². The van der Waals surface area contributed by atoms with Crippen LogP contribution in [0.2, 0.25) is 0 Å². The molecule has 0 aliphatic carbocycles. The minimum atomic E-state index is -0.835. The van der Waals surface area contributed by atoms with E-state index in [-0.39, 0.29) is 11.4 Å². The third kappa shape index (κ3) is 4.84. The van der Waals surface area contributed by atoms with Crippen LogP contribution in [0.3, 0.4) is 0 Å². The Morgan fingerprint density at radius 2 is 1.86 bits per heavy atom. The number of carbonyl (C=O) groups excluding carboxylic acids is 2. The van der Waals surface area contributed by atoms with Gasteiger partial charge in [-0.3, -0.25) is 14.5 Å². The average molecular weight is 535 g/mol. The van der Waals surface area contributed by atoms with Crippen LogP contribution in [0.25, 0.3) is 10.2 Å². The molecule has 1 aliphatic rings. The van der Waals surface area contributed by atoms with Gasteiger partial charge in [-0.2, -0.15) is 0 Å². The van der Waals surface area contributed by atoms with Crippen molar-refractivity contribution in [2.24, 2.45) is 0 Å².